The molecule has 0 aliphatic heterocycles. The van der Waals surface area contributed by atoms with Crippen molar-refractivity contribution in [2.75, 3.05) is 0 Å². The SMILES string of the molecule is CC(C)C=[N+](O)C(C)C. The molecule has 0 aromatic heterocycles. The molecule has 0 saturated heterocycles. The molecule has 0 aliphatic rings. The molecule has 0 spiro atoms. The second-order valence-corrected chi connectivity index (χ2v) is 2.87. The van der Waals surface area contributed by atoms with E-state index in [0.717, 1.165) is 0 Å². The first-order valence-corrected chi connectivity index (χ1v) is 3.36. The normalized spacial score (nSPS) is 13.3. The van der Waals surface area contributed by atoms with Crippen LogP contribution in [0.25, 0.3) is 0 Å². The van der Waals surface area contributed by atoms with Crippen molar-refractivity contribution in [2.24, 2.45) is 5.92 Å². The number of rotatable bonds is 2. The van der Waals surface area contributed by atoms with Gasteiger partial charge in [-0.05, 0) is 4.74 Å². The molecule has 0 fully saturated rings. The molecule has 0 heterocycles. The van der Waals surface area contributed by atoms with Gasteiger partial charge in [-0.15, -0.1) is 0 Å². The van der Waals surface area contributed by atoms with Crippen LogP contribution in [0, 0.1) is 5.92 Å². The topological polar surface area (TPSA) is 23.2 Å². The molecule has 0 aromatic carbocycles. The van der Waals surface area contributed by atoms with Crippen molar-refractivity contribution < 1.29 is 9.95 Å². The highest BCUT2D eigenvalue weighted by molar-refractivity contribution is 5.53. The van der Waals surface area contributed by atoms with E-state index in [-0.39, 0.29) is 6.04 Å². The minimum absolute atomic E-state index is 0.187. The van der Waals surface area contributed by atoms with Gasteiger partial charge in [0, 0.05) is 19.8 Å². The van der Waals surface area contributed by atoms with Crippen LogP contribution in [0.1, 0.15) is 27.7 Å². The maximum Gasteiger partial charge on any atom is 0.196 e. The van der Waals surface area contributed by atoms with Gasteiger partial charge in [-0.2, -0.15) is 0 Å². The van der Waals surface area contributed by atoms with Gasteiger partial charge in [0.1, 0.15) is 0 Å². The summed E-state index contributed by atoms with van der Waals surface area (Å²) in [4.78, 5) is 0. The first-order valence-electron chi connectivity index (χ1n) is 3.36. The van der Waals surface area contributed by atoms with Gasteiger partial charge in [-0.1, -0.05) is 13.8 Å². The summed E-state index contributed by atoms with van der Waals surface area (Å²) in [6.45, 7) is 7.95. The Labute approximate surface area is 56.8 Å². The van der Waals surface area contributed by atoms with Gasteiger partial charge < -0.3 is 0 Å². The highest BCUT2D eigenvalue weighted by atomic mass is 16.5. The van der Waals surface area contributed by atoms with Crippen molar-refractivity contribution in [3.05, 3.63) is 0 Å². The van der Waals surface area contributed by atoms with Gasteiger partial charge in [-0.3, -0.25) is 5.21 Å². The predicted octanol–water partition coefficient (Wildman–Crippen LogP) is 1.52. The fourth-order valence-corrected chi connectivity index (χ4v) is 0.478. The molecule has 0 bridgehead atoms. The van der Waals surface area contributed by atoms with Gasteiger partial charge >= 0.3 is 0 Å². The molecule has 0 aromatic rings. The summed E-state index contributed by atoms with van der Waals surface area (Å²) in [6, 6.07) is 0.187. The smallest absolute Gasteiger partial charge is 0.196 e. The van der Waals surface area contributed by atoms with Crippen molar-refractivity contribution >= 4 is 6.21 Å². The first-order chi connectivity index (χ1) is 4.04. The Morgan fingerprint density at radius 1 is 1.22 bits per heavy atom. The van der Waals surface area contributed by atoms with Crippen molar-refractivity contribution in [1.82, 2.24) is 0 Å². The fraction of sp³-hybridized carbons (Fsp3) is 0.857. The van der Waals surface area contributed by atoms with Gasteiger partial charge in [-0.25, -0.2) is 0 Å². The van der Waals surface area contributed by atoms with E-state index in [2.05, 4.69) is 0 Å². The van der Waals surface area contributed by atoms with Crippen LogP contribution in [0.3, 0.4) is 0 Å². The van der Waals surface area contributed by atoms with E-state index in [0.29, 0.717) is 5.92 Å². The monoisotopic (exact) mass is 130 g/mol. The summed E-state index contributed by atoms with van der Waals surface area (Å²) in [5.41, 5.74) is 0. The van der Waals surface area contributed by atoms with Gasteiger partial charge in [0.2, 0.25) is 0 Å². The molecule has 54 valence electrons. The average molecular weight is 130 g/mol. The van der Waals surface area contributed by atoms with Crippen LogP contribution >= 0.6 is 0 Å². The molecule has 0 amide bonds. The van der Waals surface area contributed by atoms with Gasteiger partial charge in [0.25, 0.3) is 0 Å². The number of hydrogen-bond donors (Lipinski definition) is 1. The predicted molar refractivity (Wildman–Crippen MR) is 38.1 cm³/mol. The van der Waals surface area contributed by atoms with E-state index in [1.54, 1.807) is 6.21 Å². The van der Waals surface area contributed by atoms with Crippen molar-refractivity contribution in [1.29, 1.82) is 0 Å². The zero-order valence-electron chi connectivity index (χ0n) is 6.63. The van der Waals surface area contributed by atoms with Crippen LogP contribution in [0.2, 0.25) is 0 Å². The molecule has 0 radical (unpaired) electrons. The lowest BCUT2D eigenvalue weighted by Crippen LogP contribution is -2.19. The largest absolute Gasteiger partial charge is 0.291 e. The summed E-state index contributed by atoms with van der Waals surface area (Å²) in [6.07, 6.45) is 1.80. The average Bonchev–Trinajstić information content (AvgIpc) is 1.63. The van der Waals surface area contributed by atoms with Crippen molar-refractivity contribution in [2.45, 2.75) is 33.7 Å². The molecule has 0 unspecified atom stereocenters. The highest BCUT2D eigenvalue weighted by Gasteiger charge is 2.06. The zero-order valence-corrected chi connectivity index (χ0v) is 6.63. The molecule has 0 aliphatic carbocycles. The second-order valence-electron chi connectivity index (χ2n) is 2.87. The molecule has 0 atom stereocenters. The third kappa shape index (κ3) is 4.01. The lowest BCUT2D eigenvalue weighted by atomic mass is 10.2. The van der Waals surface area contributed by atoms with Crippen molar-refractivity contribution in [3.8, 4) is 0 Å². The maximum absolute atomic E-state index is 9.07. The Morgan fingerprint density at radius 2 is 1.67 bits per heavy atom. The van der Waals surface area contributed by atoms with E-state index in [9.17, 15) is 0 Å². The highest BCUT2D eigenvalue weighted by Crippen LogP contribution is 1.88. The minimum Gasteiger partial charge on any atom is -0.291 e. The molecule has 0 rings (SSSR count). The van der Waals surface area contributed by atoms with Crippen LogP contribution < -0.4 is 0 Å². The first kappa shape index (κ1) is 8.47. The third-order valence-electron chi connectivity index (χ3n) is 0.980. The summed E-state index contributed by atoms with van der Waals surface area (Å²) in [7, 11) is 0. The van der Waals surface area contributed by atoms with E-state index in [4.69, 9.17) is 5.21 Å². The Balaban J connectivity index is 3.84. The van der Waals surface area contributed by atoms with E-state index >= 15 is 0 Å². The maximum atomic E-state index is 9.07. The molecule has 2 nitrogen and oxygen atoms in total. The van der Waals surface area contributed by atoms with Crippen LogP contribution in [-0.4, -0.2) is 22.2 Å². The Bertz CT molecular complexity index is 105. The standard InChI is InChI=1S/C7H16NO/c1-6(2)5-8(9)7(3)4/h5-7,9H,1-4H3/q+1. The van der Waals surface area contributed by atoms with Crippen LogP contribution in [0.4, 0.5) is 0 Å². The van der Waals surface area contributed by atoms with Gasteiger partial charge in [0.05, 0.1) is 0 Å². The lowest BCUT2D eigenvalue weighted by molar-refractivity contribution is -0.793. The van der Waals surface area contributed by atoms with E-state index in [1.165, 1.54) is 4.74 Å². The van der Waals surface area contributed by atoms with Crippen LogP contribution in [0.15, 0.2) is 0 Å². The van der Waals surface area contributed by atoms with Crippen LogP contribution in [0.5, 0.6) is 0 Å². The lowest BCUT2D eigenvalue weighted by Gasteiger charge is -1.96. The number of hydroxylamine groups is 1. The molecule has 0 saturated carbocycles. The summed E-state index contributed by atoms with van der Waals surface area (Å²) < 4.78 is 1.24. The Kier molecular flexibility index (Phi) is 3.28. The molecule has 1 N–H and O–H groups in total. The minimum atomic E-state index is 0.187. The number of hydrogen-bond acceptors (Lipinski definition) is 1. The molecular weight excluding hydrogens is 114 g/mol. The summed E-state index contributed by atoms with van der Waals surface area (Å²) >= 11 is 0. The number of nitrogens with zero attached hydrogens (tertiary/aromatic N) is 1. The van der Waals surface area contributed by atoms with E-state index in [1.807, 2.05) is 27.7 Å². The van der Waals surface area contributed by atoms with Crippen molar-refractivity contribution in [3.63, 3.8) is 0 Å². The van der Waals surface area contributed by atoms with E-state index < -0.39 is 0 Å². The fourth-order valence-electron chi connectivity index (χ4n) is 0.478. The Hall–Kier alpha value is -0.530. The summed E-state index contributed by atoms with van der Waals surface area (Å²) in [5.74, 6) is 0.414. The molecule has 2 heteroatoms. The quantitative estimate of drug-likeness (QED) is 0.260. The van der Waals surface area contributed by atoms with Gasteiger partial charge in [0.15, 0.2) is 12.3 Å². The third-order valence-corrected chi connectivity index (χ3v) is 0.980. The Morgan fingerprint density at radius 3 is 1.78 bits per heavy atom. The molecular formula is C7H16NO+. The van der Waals surface area contributed by atoms with Crippen LogP contribution in [-0.2, 0) is 0 Å². The zero-order chi connectivity index (χ0) is 7.44. The molecule has 9 heavy (non-hydrogen) atoms. The summed E-state index contributed by atoms with van der Waals surface area (Å²) in [5, 5.41) is 9.07. The second kappa shape index (κ2) is 3.49.